The van der Waals surface area contributed by atoms with E-state index in [1.807, 2.05) is 4.90 Å². The second-order valence-electron chi connectivity index (χ2n) is 10.7. The van der Waals surface area contributed by atoms with Crippen LogP contribution in [0.3, 0.4) is 0 Å². The van der Waals surface area contributed by atoms with E-state index in [9.17, 15) is 0 Å². The molecule has 0 amide bonds. The number of aryl methyl sites for hydroxylation is 1. The van der Waals surface area contributed by atoms with Gasteiger partial charge in [0, 0.05) is 34.3 Å². The Morgan fingerprint density at radius 1 is 0.821 bits per heavy atom. The van der Waals surface area contributed by atoms with Crippen LogP contribution in [0.5, 0.6) is 0 Å². The van der Waals surface area contributed by atoms with Crippen LogP contribution in [0, 0.1) is 36.5 Å². The number of likely N-dealkylation sites (tertiary alicyclic amines) is 1. The minimum Gasteiger partial charge on any atom is -0.326 e. The maximum atomic E-state index is 2.49. The Balaban J connectivity index is 1.37. The van der Waals surface area contributed by atoms with Crippen LogP contribution in [0.2, 0.25) is 0 Å². The molecule has 10 unspecified atom stereocenters. The summed E-state index contributed by atoms with van der Waals surface area (Å²) in [5.41, 5.74) is 3.06. The lowest BCUT2D eigenvalue weighted by atomic mass is 9.55. The third-order valence-electron chi connectivity index (χ3n) is 9.72. The van der Waals surface area contributed by atoms with Crippen LogP contribution in [0.15, 0.2) is 24.3 Å². The standard InChI is InChI=1S/C26H37NS/c1-3-27-21-14-15-23-25-19(18-6-4-5-7-22(18)28-23)12-13-20(24(21)25)26(27)17-10-8-16(2)9-11-17/h8-11,18-26H,3-7,12-15H2,1-2H3/p+1. The zero-order valence-corrected chi connectivity index (χ0v) is 18.6. The number of nitrogens with one attached hydrogen (secondary N) is 1. The summed E-state index contributed by atoms with van der Waals surface area (Å²) in [5.74, 6) is 5.18. The van der Waals surface area contributed by atoms with Crippen LogP contribution >= 0.6 is 11.8 Å². The molecule has 2 aliphatic heterocycles. The summed E-state index contributed by atoms with van der Waals surface area (Å²) in [5, 5.41) is 2.03. The summed E-state index contributed by atoms with van der Waals surface area (Å²) < 4.78 is 0. The highest BCUT2D eigenvalue weighted by Crippen LogP contribution is 2.62. The molecule has 0 bridgehead atoms. The quantitative estimate of drug-likeness (QED) is 0.733. The van der Waals surface area contributed by atoms with Crippen molar-refractivity contribution in [1.29, 1.82) is 0 Å². The van der Waals surface area contributed by atoms with Crippen molar-refractivity contribution in [2.24, 2.45) is 29.6 Å². The molecular weight excluding hydrogens is 358 g/mol. The van der Waals surface area contributed by atoms with Gasteiger partial charge in [0.15, 0.2) is 0 Å². The van der Waals surface area contributed by atoms with Gasteiger partial charge in [0.1, 0.15) is 6.04 Å². The normalized spacial score (nSPS) is 49.4. The average Bonchev–Trinajstić information content (AvgIpc) is 3.07. The molecule has 0 spiro atoms. The van der Waals surface area contributed by atoms with Gasteiger partial charge in [-0.05, 0) is 63.7 Å². The van der Waals surface area contributed by atoms with Crippen LogP contribution in [0.25, 0.3) is 0 Å². The van der Waals surface area contributed by atoms with Gasteiger partial charge in [0.2, 0.25) is 0 Å². The first-order chi connectivity index (χ1) is 13.8. The number of hydrogen-bond acceptors (Lipinski definition) is 1. The van der Waals surface area contributed by atoms with Crippen LogP contribution in [0.1, 0.15) is 75.5 Å². The Hall–Kier alpha value is -0.470. The van der Waals surface area contributed by atoms with Crippen molar-refractivity contribution in [3.63, 3.8) is 0 Å². The first-order valence-electron chi connectivity index (χ1n) is 12.3. The van der Waals surface area contributed by atoms with Crippen molar-refractivity contribution >= 4 is 11.8 Å². The average molecular weight is 397 g/mol. The molecule has 1 N–H and O–H groups in total. The molecule has 28 heavy (non-hydrogen) atoms. The van der Waals surface area contributed by atoms with Crippen molar-refractivity contribution < 1.29 is 4.90 Å². The molecule has 0 radical (unpaired) electrons. The first-order valence-corrected chi connectivity index (χ1v) is 13.3. The predicted octanol–water partition coefficient (Wildman–Crippen LogP) is 5.05. The molecule has 1 nitrogen and oxygen atoms in total. The lowest BCUT2D eigenvalue weighted by Gasteiger charge is -2.56. The van der Waals surface area contributed by atoms with E-state index in [-0.39, 0.29) is 0 Å². The second kappa shape index (κ2) is 7.05. The van der Waals surface area contributed by atoms with Crippen LogP contribution in [0.4, 0.5) is 0 Å². The van der Waals surface area contributed by atoms with Gasteiger partial charge >= 0.3 is 0 Å². The predicted molar refractivity (Wildman–Crippen MR) is 119 cm³/mol. The zero-order valence-electron chi connectivity index (χ0n) is 17.8. The monoisotopic (exact) mass is 396 g/mol. The lowest BCUT2D eigenvalue weighted by molar-refractivity contribution is -0.944. The van der Waals surface area contributed by atoms with Crippen molar-refractivity contribution in [2.45, 2.75) is 87.8 Å². The van der Waals surface area contributed by atoms with E-state index in [1.54, 1.807) is 18.4 Å². The van der Waals surface area contributed by atoms with Gasteiger partial charge in [-0.25, -0.2) is 0 Å². The number of fused-ring (bicyclic) bond motifs is 2. The molecule has 3 saturated carbocycles. The van der Waals surface area contributed by atoms with Gasteiger partial charge in [-0.3, -0.25) is 0 Å². The summed E-state index contributed by atoms with van der Waals surface area (Å²) in [7, 11) is 0. The maximum Gasteiger partial charge on any atom is 0.117 e. The molecule has 2 saturated heterocycles. The summed E-state index contributed by atoms with van der Waals surface area (Å²) in [6.45, 7) is 6.01. The van der Waals surface area contributed by atoms with E-state index in [0.717, 1.165) is 52.2 Å². The maximum absolute atomic E-state index is 2.49. The van der Waals surface area contributed by atoms with Crippen molar-refractivity contribution in [3.8, 4) is 0 Å². The highest BCUT2D eigenvalue weighted by molar-refractivity contribution is 8.00. The zero-order chi connectivity index (χ0) is 18.8. The molecular formula is C26H38NS+. The highest BCUT2D eigenvalue weighted by atomic mass is 32.2. The molecule has 5 aliphatic rings. The van der Waals surface area contributed by atoms with Gasteiger partial charge in [-0.2, -0.15) is 11.8 Å². The van der Waals surface area contributed by atoms with E-state index in [1.165, 1.54) is 50.6 Å². The molecule has 2 heteroatoms. The Bertz CT molecular complexity index is 714. The van der Waals surface area contributed by atoms with Gasteiger partial charge < -0.3 is 4.90 Å². The van der Waals surface area contributed by atoms with E-state index in [0.29, 0.717) is 0 Å². The fraction of sp³-hybridized carbons (Fsp3) is 0.769. The fourth-order valence-electron chi connectivity index (χ4n) is 8.87. The molecule has 2 heterocycles. The van der Waals surface area contributed by atoms with Crippen molar-refractivity contribution in [1.82, 2.24) is 0 Å². The van der Waals surface area contributed by atoms with Gasteiger partial charge in [-0.15, -0.1) is 0 Å². The van der Waals surface area contributed by atoms with Crippen LogP contribution in [-0.4, -0.2) is 23.1 Å². The Kier molecular flexibility index (Phi) is 4.61. The van der Waals surface area contributed by atoms with E-state index < -0.39 is 0 Å². The van der Waals surface area contributed by atoms with E-state index in [2.05, 4.69) is 49.9 Å². The molecule has 152 valence electrons. The first kappa shape index (κ1) is 18.3. The smallest absolute Gasteiger partial charge is 0.117 e. The van der Waals surface area contributed by atoms with Crippen molar-refractivity contribution in [3.05, 3.63) is 35.4 Å². The molecule has 10 atom stereocenters. The molecule has 6 rings (SSSR count). The lowest BCUT2D eigenvalue weighted by Crippen LogP contribution is -3.14. The summed E-state index contributed by atoms with van der Waals surface area (Å²) in [6.07, 6.45) is 12.2. The van der Waals surface area contributed by atoms with Gasteiger partial charge in [-0.1, -0.05) is 42.7 Å². The number of hydrogen-bond donors (Lipinski definition) is 1. The van der Waals surface area contributed by atoms with Gasteiger partial charge in [0.25, 0.3) is 0 Å². The van der Waals surface area contributed by atoms with Crippen LogP contribution < -0.4 is 4.90 Å². The van der Waals surface area contributed by atoms with E-state index >= 15 is 0 Å². The molecule has 3 aliphatic carbocycles. The summed E-state index contributed by atoms with van der Waals surface area (Å²) in [6, 6.07) is 11.4. The molecule has 1 aromatic carbocycles. The number of benzene rings is 1. The van der Waals surface area contributed by atoms with Crippen molar-refractivity contribution in [2.75, 3.05) is 6.54 Å². The number of quaternary nitrogens is 1. The third-order valence-corrected chi connectivity index (χ3v) is 11.6. The minimum atomic E-state index is 0.773. The highest BCUT2D eigenvalue weighted by Gasteiger charge is 2.64. The topological polar surface area (TPSA) is 4.44 Å². The summed E-state index contributed by atoms with van der Waals surface area (Å²) in [4.78, 5) is 1.95. The molecule has 0 aromatic heterocycles. The minimum absolute atomic E-state index is 0.773. The third kappa shape index (κ3) is 2.62. The summed E-state index contributed by atoms with van der Waals surface area (Å²) >= 11 is 2.49. The Labute approximate surface area is 176 Å². The van der Waals surface area contributed by atoms with E-state index in [4.69, 9.17) is 0 Å². The number of thioether (sulfide) groups is 1. The SMILES string of the molecule is CC[NH+]1C2CCC3SC4CCCCC4C4CCC(C2C34)C1c1ccc(C)cc1. The number of rotatable bonds is 2. The van der Waals surface area contributed by atoms with Crippen LogP contribution in [-0.2, 0) is 0 Å². The Morgan fingerprint density at radius 2 is 1.61 bits per heavy atom. The second-order valence-corrected chi connectivity index (χ2v) is 12.2. The fourth-order valence-corrected chi connectivity index (χ4v) is 11.0. The molecule has 5 fully saturated rings. The largest absolute Gasteiger partial charge is 0.326 e. The Morgan fingerprint density at radius 3 is 2.43 bits per heavy atom. The van der Waals surface area contributed by atoms with Gasteiger partial charge in [0.05, 0.1) is 12.6 Å². The molecule has 1 aromatic rings.